The second kappa shape index (κ2) is 9.67. The van der Waals surface area contributed by atoms with Crippen molar-refractivity contribution in [2.45, 2.75) is 40.5 Å². The number of hydrogen-bond acceptors (Lipinski definition) is 2. The van der Waals surface area contributed by atoms with Gasteiger partial charge in [-0.3, -0.25) is 4.79 Å². The Morgan fingerprint density at radius 1 is 1.10 bits per heavy atom. The summed E-state index contributed by atoms with van der Waals surface area (Å²) in [5.74, 6) is 1.23. The zero-order valence-corrected chi connectivity index (χ0v) is 14.5. The van der Waals surface area contributed by atoms with Crippen molar-refractivity contribution < 1.29 is 4.79 Å². The van der Waals surface area contributed by atoms with Crippen molar-refractivity contribution in [3.63, 3.8) is 0 Å². The molecule has 1 aromatic carbocycles. The fourth-order valence-corrected chi connectivity index (χ4v) is 2.32. The van der Waals surface area contributed by atoms with Crippen LogP contribution in [-0.2, 0) is 11.2 Å². The summed E-state index contributed by atoms with van der Waals surface area (Å²) >= 11 is 0. The van der Waals surface area contributed by atoms with Gasteiger partial charge < -0.3 is 10.6 Å². The first-order chi connectivity index (χ1) is 9.40. The summed E-state index contributed by atoms with van der Waals surface area (Å²) in [6.45, 7) is 10.3. The van der Waals surface area contributed by atoms with Gasteiger partial charge in [0.2, 0.25) is 5.91 Å². The molecule has 3 nitrogen and oxygen atoms in total. The van der Waals surface area contributed by atoms with E-state index in [-0.39, 0.29) is 18.3 Å². The third-order valence-electron chi connectivity index (χ3n) is 3.19. The van der Waals surface area contributed by atoms with Crippen LogP contribution in [0.1, 0.15) is 39.7 Å². The molecule has 0 spiro atoms. The fourth-order valence-electron chi connectivity index (χ4n) is 2.32. The Morgan fingerprint density at radius 3 is 2.10 bits per heavy atom. The molecule has 4 heteroatoms. The van der Waals surface area contributed by atoms with Crippen LogP contribution < -0.4 is 5.73 Å². The highest BCUT2D eigenvalue weighted by Gasteiger charge is 2.16. The number of nitrogens with zero attached hydrogens (tertiary/aromatic N) is 1. The zero-order valence-electron chi connectivity index (χ0n) is 13.6. The molecule has 0 radical (unpaired) electrons. The summed E-state index contributed by atoms with van der Waals surface area (Å²) in [5.41, 5.74) is 7.76. The molecule has 0 aromatic heterocycles. The lowest BCUT2D eigenvalue weighted by Gasteiger charge is -2.26. The fraction of sp³-hybridized carbons (Fsp3) is 0.588. The number of anilines is 1. The topological polar surface area (TPSA) is 46.3 Å². The SMILES string of the molecule is CC(C)CN(CC(C)C)C(=O)CCc1ccccc1N.Cl. The van der Waals surface area contributed by atoms with E-state index in [1.54, 1.807) is 0 Å². The predicted octanol–water partition coefficient (Wildman–Crippen LogP) is 3.76. The van der Waals surface area contributed by atoms with Gasteiger partial charge in [-0.25, -0.2) is 0 Å². The number of carbonyl (C=O) groups is 1. The molecule has 0 fully saturated rings. The minimum Gasteiger partial charge on any atom is -0.399 e. The number of benzene rings is 1. The van der Waals surface area contributed by atoms with E-state index in [4.69, 9.17) is 5.73 Å². The number of halogens is 1. The summed E-state index contributed by atoms with van der Waals surface area (Å²) in [7, 11) is 0. The molecule has 0 saturated heterocycles. The number of nitrogen functional groups attached to an aromatic ring is 1. The lowest BCUT2D eigenvalue weighted by atomic mass is 10.1. The molecule has 0 bridgehead atoms. The van der Waals surface area contributed by atoms with E-state index in [0.717, 1.165) is 30.8 Å². The first-order valence-electron chi connectivity index (χ1n) is 7.51. The number of carbonyl (C=O) groups excluding carboxylic acids is 1. The van der Waals surface area contributed by atoms with Gasteiger partial charge in [-0.15, -0.1) is 12.4 Å². The smallest absolute Gasteiger partial charge is 0.222 e. The molecule has 0 atom stereocenters. The van der Waals surface area contributed by atoms with Crippen LogP contribution in [0.3, 0.4) is 0 Å². The highest BCUT2D eigenvalue weighted by Crippen LogP contribution is 2.14. The van der Waals surface area contributed by atoms with Gasteiger partial charge in [0.1, 0.15) is 0 Å². The highest BCUT2D eigenvalue weighted by atomic mass is 35.5. The van der Waals surface area contributed by atoms with Crippen LogP contribution >= 0.6 is 12.4 Å². The minimum absolute atomic E-state index is 0. The Hall–Kier alpha value is -1.22. The van der Waals surface area contributed by atoms with Gasteiger partial charge in [0.05, 0.1) is 0 Å². The molecule has 2 N–H and O–H groups in total. The number of para-hydroxylation sites is 1. The van der Waals surface area contributed by atoms with Crippen LogP contribution in [0.2, 0.25) is 0 Å². The third kappa shape index (κ3) is 7.37. The quantitative estimate of drug-likeness (QED) is 0.779. The van der Waals surface area contributed by atoms with E-state index in [2.05, 4.69) is 27.7 Å². The van der Waals surface area contributed by atoms with Gasteiger partial charge in [0.25, 0.3) is 0 Å². The molecule has 0 saturated carbocycles. The summed E-state index contributed by atoms with van der Waals surface area (Å²) in [4.78, 5) is 14.4. The van der Waals surface area contributed by atoms with Crippen molar-refractivity contribution >= 4 is 24.0 Å². The van der Waals surface area contributed by atoms with Crippen LogP contribution in [0.4, 0.5) is 5.69 Å². The van der Waals surface area contributed by atoms with E-state index in [0.29, 0.717) is 18.3 Å². The molecule has 1 rings (SSSR count). The molecule has 1 amide bonds. The van der Waals surface area contributed by atoms with E-state index >= 15 is 0 Å². The zero-order chi connectivity index (χ0) is 15.1. The highest BCUT2D eigenvalue weighted by molar-refractivity contribution is 5.85. The standard InChI is InChI=1S/C17H28N2O.ClH/c1-13(2)11-19(12-14(3)4)17(20)10-9-15-7-5-6-8-16(15)18;/h5-8,13-14H,9-12,18H2,1-4H3;1H. The maximum atomic E-state index is 12.4. The van der Waals surface area contributed by atoms with Crippen LogP contribution in [0.25, 0.3) is 0 Å². The molecule has 21 heavy (non-hydrogen) atoms. The van der Waals surface area contributed by atoms with Gasteiger partial charge in [-0.2, -0.15) is 0 Å². The van der Waals surface area contributed by atoms with Crippen molar-refractivity contribution in [1.82, 2.24) is 4.90 Å². The summed E-state index contributed by atoms with van der Waals surface area (Å²) < 4.78 is 0. The monoisotopic (exact) mass is 312 g/mol. The van der Waals surface area contributed by atoms with Crippen LogP contribution in [0.5, 0.6) is 0 Å². The van der Waals surface area contributed by atoms with Crippen LogP contribution in [0.15, 0.2) is 24.3 Å². The van der Waals surface area contributed by atoms with E-state index < -0.39 is 0 Å². The maximum Gasteiger partial charge on any atom is 0.222 e. The molecule has 120 valence electrons. The number of nitrogens with two attached hydrogens (primary N) is 1. The molecule has 0 aliphatic heterocycles. The number of hydrogen-bond donors (Lipinski definition) is 1. The van der Waals surface area contributed by atoms with Crippen molar-refractivity contribution in [2.24, 2.45) is 11.8 Å². The molecule has 0 heterocycles. The van der Waals surface area contributed by atoms with Gasteiger partial charge in [-0.1, -0.05) is 45.9 Å². The second-order valence-electron chi connectivity index (χ2n) is 6.29. The van der Waals surface area contributed by atoms with Crippen molar-refractivity contribution in [2.75, 3.05) is 18.8 Å². The summed E-state index contributed by atoms with van der Waals surface area (Å²) in [5, 5.41) is 0. The van der Waals surface area contributed by atoms with Gasteiger partial charge in [0, 0.05) is 25.2 Å². The largest absolute Gasteiger partial charge is 0.399 e. The van der Waals surface area contributed by atoms with E-state index in [1.165, 1.54) is 0 Å². The van der Waals surface area contributed by atoms with Gasteiger partial charge in [-0.05, 0) is 29.9 Å². The Bertz CT molecular complexity index is 423. The molecule has 0 unspecified atom stereocenters. The third-order valence-corrected chi connectivity index (χ3v) is 3.19. The molecule has 0 aliphatic rings. The van der Waals surface area contributed by atoms with Gasteiger partial charge >= 0.3 is 0 Å². The average Bonchev–Trinajstić information content (AvgIpc) is 2.35. The molecule has 0 aliphatic carbocycles. The second-order valence-corrected chi connectivity index (χ2v) is 6.29. The summed E-state index contributed by atoms with van der Waals surface area (Å²) in [6.07, 6.45) is 1.26. The number of rotatable bonds is 7. The van der Waals surface area contributed by atoms with Gasteiger partial charge in [0.15, 0.2) is 0 Å². The minimum atomic E-state index is 0. The Balaban J connectivity index is 0.00000400. The first-order valence-corrected chi connectivity index (χ1v) is 7.51. The van der Waals surface area contributed by atoms with Crippen molar-refractivity contribution in [1.29, 1.82) is 0 Å². The summed E-state index contributed by atoms with van der Waals surface area (Å²) in [6, 6.07) is 7.78. The van der Waals surface area contributed by atoms with Crippen LogP contribution in [-0.4, -0.2) is 23.9 Å². The molecule has 1 aromatic rings. The van der Waals surface area contributed by atoms with E-state index in [9.17, 15) is 4.79 Å². The Labute approximate surface area is 135 Å². The Morgan fingerprint density at radius 2 is 1.62 bits per heavy atom. The lowest BCUT2D eigenvalue weighted by Crippen LogP contribution is -2.37. The Kier molecular flexibility index (Phi) is 9.11. The lowest BCUT2D eigenvalue weighted by molar-refractivity contribution is -0.132. The average molecular weight is 313 g/mol. The van der Waals surface area contributed by atoms with Crippen molar-refractivity contribution in [3.8, 4) is 0 Å². The predicted molar refractivity (Wildman–Crippen MR) is 92.7 cm³/mol. The number of amides is 1. The molecular formula is C17H29ClN2O. The maximum absolute atomic E-state index is 12.4. The molecular weight excluding hydrogens is 284 g/mol. The van der Waals surface area contributed by atoms with E-state index in [1.807, 2.05) is 29.2 Å². The van der Waals surface area contributed by atoms with Crippen molar-refractivity contribution in [3.05, 3.63) is 29.8 Å². The normalized spacial score (nSPS) is 10.6. The first kappa shape index (κ1) is 19.8. The van der Waals surface area contributed by atoms with Crippen LogP contribution in [0, 0.1) is 11.8 Å². The number of aryl methyl sites for hydroxylation is 1.